The van der Waals surface area contributed by atoms with E-state index in [1.165, 1.54) is 38.5 Å². The highest BCUT2D eigenvalue weighted by Gasteiger charge is 2.59. The van der Waals surface area contributed by atoms with Gasteiger partial charge in [0.1, 0.15) is 0 Å². The van der Waals surface area contributed by atoms with Gasteiger partial charge in [-0.2, -0.15) is 0 Å². The van der Waals surface area contributed by atoms with Crippen molar-refractivity contribution in [3.63, 3.8) is 0 Å². The minimum atomic E-state index is -0.217. The Morgan fingerprint density at radius 2 is 1.97 bits per heavy atom. The highest BCUT2D eigenvalue weighted by atomic mass is 16.5. The van der Waals surface area contributed by atoms with Gasteiger partial charge in [-0.15, -0.1) is 0 Å². The molecule has 0 bridgehead atoms. The molecular formula is C33H53NO4. The molecule has 2 aliphatic heterocycles. The maximum atomic E-state index is 10.3. The smallest absolute Gasteiger partial charge is 0.0765 e. The molecular weight excluding hydrogens is 474 g/mol. The van der Waals surface area contributed by atoms with Gasteiger partial charge in [-0.1, -0.05) is 43.6 Å². The molecule has 2 heterocycles. The molecule has 5 nitrogen and oxygen atoms in total. The number of aliphatic hydroxyl groups is 1. The first-order valence-electron chi connectivity index (χ1n) is 15.8. The van der Waals surface area contributed by atoms with Gasteiger partial charge in [0.2, 0.25) is 0 Å². The van der Waals surface area contributed by atoms with Crippen LogP contribution < -0.4 is 0 Å². The zero-order chi connectivity index (χ0) is 26.7. The first-order chi connectivity index (χ1) is 18.3. The molecule has 1 N–H and O–H groups in total. The first kappa shape index (κ1) is 27.4. The lowest BCUT2D eigenvalue weighted by Crippen LogP contribution is -2.52. The summed E-state index contributed by atoms with van der Waals surface area (Å²) in [7, 11) is 1.74. The largest absolute Gasteiger partial charge is 0.389 e. The van der Waals surface area contributed by atoms with Crippen molar-refractivity contribution in [2.45, 2.75) is 109 Å². The Kier molecular flexibility index (Phi) is 7.65. The Morgan fingerprint density at radius 1 is 1.13 bits per heavy atom. The van der Waals surface area contributed by atoms with Crippen molar-refractivity contribution in [3.8, 4) is 0 Å². The number of allylic oxidation sites excluding steroid dienone is 2. The summed E-state index contributed by atoms with van der Waals surface area (Å²) in [5.41, 5.74) is 5.31. The number of piperidine rings is 1. The van der Waals surface area contributed by atoms with Crippen LogP contribution in [0.15, 0.2) is 22.8 Å². The summed E-state index contributed by atoms with van der Waals surface area (Å²) in [6.45, 7) is 14.2. The molecule has 0 unspecified atom stereocenters. The quantitative estimate of drug-likeness (QED) is 0.351. The topological polar surface area (TPSA) is 51.2 Å². The molecule has 214 valence electrons. The van der Waals surface area contributed by atoms with E-state index in [4.69, 9.17) is 14.2 Å². The molecule has 0 aromatic rings. The summed E-state index contributed by atoms with van der Waals surface area (Å²) < 4.78 is 18.3. The molecule has 0 amide bonds. The van der Waals surface area contributed by atoms with Gasteiger partial charge in [-0.25, -0.2) is 0 Å². The summed E-state index contributed by atoms with van der Waals surface area (Å²) in [6, 6.07) is 0.510. The number of likely N-dealkylation sites (tertiary alicyclic amines) is 1. The van der Waals surface area contributed by atoms with Gasteiger partial charge in [0.25, 0.3) is 0 Å². The predicted molar refractivity (Wildman–Crippen MR) is 151 cm³/mol. The second-order valence-corrected chi connectivity index (χ2v) is 14.3. The van der Waals surface area contributed by atoms with Gasteiger partial charge in [0.05, 0.1) is 37.6 Å². The van der Waals surface area contributed by atoms with Crippen LogP contribution in [0.2, 0.25) is 0 Å². The normalized spacial score (nSPS) is 46.8. The summed E-state index contributed by atoms with van der Waals surface area (Å²) in [4.78, 5) is 2.71. The Hall–Kier alpha value is -0.720. The number of methoxy groups -OCH3 is 1. The van der Waals surface area contributed by atoms with Crippen molar-refractivity contribution in [2.75, 3.05) is 40.0 Å². The second-order valence-electron chi connectivity index (χ2n) is 14.3. The molecule has 0 radical (unpaired) electrons. The molecule has 2 saturated carbocycles. The summed E-state index contributed by atoms with van der Waals surface area (Å²) in [5, 5.41) is 10.3. The maximum absolute atomic E-state index is 10.3. The third kappa shape index (κ3) is 4.57. The fourth-order valence-corrected chi connectivity index (χ4v) is 10.3. The maximum Gasteiger partial charge on any atom is 0.0765 e. The molecule has 0 aromatic carbocycles. The molecule has 6 aliphatic rings. The first-order valence-corrected chi connectivity index (χ1v) is 15.8. The van der Waals surface area contributed by atoms with Gasteiger partial charge in [0.15, 0.2) is 0 Å². The SMILES string of the molecule is COCCOCCN1C[C@@H](C)C[C@H]2O[C@]3(CC[C@@H]4C(=C(C)C3)C[C@H]3[C@H]4CCC4=C[C@@H](O)CC[C@@]43C)[C@H](C)[C@@H]21. The Bertz CT molecular complexity index is 945. The molecule has 10 atom stereocenters. The van der Waals surface area contributed by atoms with Gasteiger partial charge < -0.3 is 19.3 Å². The third-order valence-corrected chi connectivity index (χ3v) is 12.2. The fourth-order valence-electron chi connectivity index (χ4n) is 10.3. The van der Waals surface area contributed by atoms with Gasteiger partial charge >= 0.3 is 0 Å². The summed E-state index contributed by atoms with van der Waals surface area (Å²) in [5.74, 6) is 3.53. The van der Waals surface area contributed by atoms with E-state index >= 15 is 0 Å². The van der Waals surface area contributed by atoms with Crippen LogP contribution in [0, 0.1) is 35.0 Å². The zero-order valence-electron chi connectivity index (χ0n) is 24.7. The highest BCUT2D eigenvalue weighted by Crippen LogP contribution is 2.64. The van der Waals surface area contributed by atoms with Crippen LogP contribution in [-0.4, -0.2) is 73.9 Å². The molecule has 38 heavy (non-hydrogen) atoms. The van der Waals surface area contributed by atoms with Crippen molar-refractivity contribution in [3.05, 3.63) is 22.8 Å². The molecule has 5 heteroatoms. The van der Waals surface area contributed by atoms with Crippen LogP contribution in [0.25, 0.3) is 0 Å². The summed E-state index contributed by atoms with van der Waals surface area (Å²) >= 11 is 0. The third-order valence-electron chi connectivity index (χ3n) is 12.2. The monoisotopic (exact) mass is 527 g/mol. The van der Waals surface area contributed by atoms with Crippen molar-refractivity contribution < 1.29 is 19.3 Å². The zero-order valence-corrected chi connectivity index (χ0v) is 24.7. The van der Waals surface area contributed by atoms with Crippen LogP contribution in [0.5, 0.6) is 0 Å². The molecule has 0 aromatic heterocycles. The van der Waals surface area contributed by atoms with Gasteiger partial charge in [0, 0.05) is 32.2 Å². The highest BCUT2D eigenvalue weighted by molar-refractivity contribution is 5.33. The summed E-state index contributed by atoms with van der Waals surface area (Å²) in [6.07, 6.45) is 13.1. The van der Waals surface area contributed by atoms with E-state index < -0.39 is 0 Å². The van der Waals surface area contributed by atoms with Crippen molar-refractivity contribution >= 4 is 0 Å². The van der Waals surface area contributed by atoms with E-state index in [1.807, 2.05) is 0 Å². The number of hydrogen-bond acceptors (Lipinski definition) is 5. The lowest BCUT2D eigenvalue weighted by molar-refractivity contribution is -0.0806. The lowest BCUT2D eigenvalue weighted by Gasteiger charge is -2.49. The van der Waals surface area contributed by atoms with Crippen molar-refractivity contribution in [2.24, 2.45) is 35.0 Å². The predicted octanol–water partition coefficient (Wildman–Crippen LogP) is 5.77. The van der Waals surface area contributed by atoms with Gasteiger partial charge in [-0.3, -0.25) is 4.90 Å². The molecule has 4 fully saturated rings. The van der Waals surface area contributed by atoms with Crippen LogP contribution in [0.4, 0.5) is 0 Å². The minimum Gasteiger partial charge on any atom is -0.389 e. The van der Waals surface area contributed by atoms with E-state index in [0.29, 0.717) is 42.6 Å². The molecule has 1 spiro atoms. The molecule has 4 aliphatic carbocycles. The second kappa shape index (κ2) is 10.6. The Balaban J connectivity index is 1.20. The average molecular weight is 528 g/mol. The van der Waals surface area contributed by atoms with Crippen molar-refractivity contribution in [1.29, 1.82) is 0 Å². The number of aliphatic hydroxyl groups excluding tert-OH is 1. The van der Waals surface area contributed by atoms with E-state index in [9.17, 15) is 5.11 Å². The fraction of sp³-hybridized carbons (Fsp3) is 0.879. The Morgan fingerprint density at radius 3 is 2.79 bits per heavy atom. The Labute approximate surface area is 231 Å². The van der Waals surface area contributed by atoms with Crippen molar-refractivity contribution in [1.82, 2.24) is 4.90 Å². The lowest BCUT2D eigenvalue weighted by atomic mass is 9.56. The number of ether oxygens (including phenoxy) is 3. The van der Waals surface area contributed by atoms with E-state index in [-0.39, 0.29) is 11.7 Å². The number of fused-ring (bicyclic) bond motifs is 6. The van der Waals surface area contributed by atoms with Crippen LogP contribution in [0.3, 0.4) is 0 Å². The van der Waals surface area contributed by atoms with Crippen LogP contribution in [0.1, 0.15) is 85.5 Å². The number of rotatable bonds is 6. The average Bonchev–Trinajstić information content (AvgIpc) is 3.34. The molecule has 2 saturated heterocycles. The van der Waals surface area contributed by atoms with Gasteiger partial charge in [-0.05, 0) is 93.8 Å². The number of hydrogen-bond donors (Lipinski definition) is 1. The van der Waals surface area contributed by atoms with E-state index in [1.54, 1.807) is 23.8 Å². The van der Waals surface area contributed by atoms with E-state index in [2.05, 4.69) is 38.7 Å². The van der Waals surface area contributed by atoms with Crippen LogP contribution in [-0.2, 0) is 14.2 Å². The minimum absolute atomic E-state index is 0.00987. The van der Waals surface area contributed by atoms with Crippen LogP contribution >= 0.6 is 0 Å². The standard InChI is InChI=1S/C33H53NO4/c1-21-16-30-31(34(20-21)12-13-37-15-14-36-5)23(3)33(38-30)11-9-26-27-7-6-24-17-25(35)8-10-32(24,4)29(27)18-28(26)22(2)19-33/h17,21,23,25-27,29-31,35H,6-16,18-20H2,1-5H3/t21-,23+,25-,26-,27-,29-,30+,31-,32-,33-/m0/s1. The van der Waals surface area contributed by atoms with E-state index in [0.717, 1.165) is 56.7 Å². The number of nitrogens with zero attached hydrogens (tertiary/aromatic N) is 1. The molecule has 6 rings (SSSR count).